The van der Waals surface area contributed by atoms with E-state index in [2.05, 4.69) is 30.9 Å². The minimum Gasteiger partial charge on any atom is -0.392 e. The first kappa shape index (κ1) is 12.7. The van der Waals surface area contributed by atoms with Gasteiger partial charge in [-0.15, -0.1) is 0 Å². The van der Waals surface area contributed by atoms with Gasteiger partial charge in [-0.25, -0.2) is 0 Å². The Balaban J connectivity index is 4.26. The lowest BCUT2D eigenvalue weighted by atomic mass is 10.2. The van der Waals surface area contributed by atoms with E-state index in [4.69, 9.17) is 5.11 Å². The lowest BCUT2D eigenvalue weighted by Crippen LogP contribution is -1.75. The molecule has 0 rings (SSSR count). The Morgan fingerprint density at radius 1 is 1.36 bits per heavy atom. The predicted octanol–water partition coefficient (Wildman–Crippen LogP) is 2.84. The molecule has 76 valence electrons. The van der Waals surface area contributed by atoms with Crippen LogP contribution in [0.1, 0.15) is 27.2 Å². The molecule has 0 aromatic heterocycles. The van der Waals surface area contributed by atoms with Crippen molar-refractivity contribution in [1.82, 2.24) is 0 Å². The van der Waals surface area contributed by atoms with Crippen molar-refractivity contribution in [3.8, 4) is 11.8 Å². The average Bonchev–Trinajstić information content (AvgIpc) is 2.15. The van der Waals surface area contributed by atoms with E-state index in [-0.39, 0.29) is 6.61 Å². The van der Waals surface area contributed by atoms with Gasteiger partial charge in [-0.05, 0) is 43.6 Å². The fourth-order valence-corrected chi connectivity index (χ4v) is 0.804. The van der Waals surface area contributed by atoms with Crippen LogP contribution in [0.4, 0.5) is 0 Å². The van der Waals surface area contributed by atoms with Crippen molar-refractivity contribution in [2.24, 2.45) is 0 Å². The molecule has 0 atom stereocenters. The highest BCUT2D eigenvalue weighted by Crippen LogP contribution is 1.95. The zero-order chi connectivity index (χ0) is 10.8. The minimum absolute atomic E-state index is 0.0545. The molecular formula is C13H18O. The molecule has 0 spiro atoms. The van der Waals surface area contributed by atoms with Gasteiger partial charge in [-0.2, -0.15) is 0 Å². The Bertz CT molecular complexity index is 295. The molecule has 0 aromatic carbocycles. The number of hydrogen-bond acceptors (Lipinski definition) is 1. The molecule has 0 saturated carbocycles. The van der Waals surface area contributed by atoms with Crippen LogP contribution in [0, 0.1) is 11.8 Å². The van der Waals surface area contributed by atoms with Gasteiger partial charge in [0.05, 0.1) is 6.61 Å². The van der Waals surface area contributed by atoms with Crippen LogP contribution in [0.25, 0.3) is 0 Å². The molecule has 1 nitrogen and oxygen atoms in total. The minimum atomic E-state index is 0.0545. The molecule has 0 heterocycles. The first-order valence-electron chi connectivity index (χ1n) is 4.83. The van der Waals surface area contributed by atoms with E-state index in [1.807, 2.05) is 19.9 Å². The largest absolute Gasteiger partial charge is 0.392 e. The Hall–Kier alpha value is -1.26. The normalized spacial score (nSPS) is 12.9. The second-order valence-corrected chi connectivity index (χ2v) is 3.04. The zero-order valence-corrected chi connectivity index (χ0v) is 9.17. The number of aliphatic hydroxyl groups is 1. The quantitative estimate of drug-likeness (QED) is 0.536. The fourth-order valence-electron chi connectivity index (χ4n) is 0.804. The van der Waals surface area contributed by atoms with Crippen LogP contribution >= 0.6 is 0 Å². The Morgan fingerprint density at radius 3 is 2.64 bits per heavy atom. The molecule has 0 radical (unpaired) electrons. The third-order valence-electron chi connectivity index (χ3n) is 1.58. The molecule has 0 unspecified atom stereocenters. The van der Waals surface area contributed by atoms with E-state index in [0.29, 0.717) is 0 Å². The van der Waals surface area contributed by atoms with E-state index in [0.717, 1.165) is 17.6 Å². The standard InChI is InChI=1S/C13H18O/c1-4-5-7-12(2)8-6-9-13(3)10-11-14/h5,7-8,10,14H,4,11H2,1-3H3/b7-5+,12-8+,13-10+. The summed E-state index contributed by atoms with van der Waals surface area (Å²) < 4.78 is 0. The third kappa shape index (κ3) is 7.39. The van der Waals surface area contributed by atoms with Gasteiger partial charge >= 0.3 is 0 Å². The topological polar surface area (TPSA) is 20.2 Å². The maximum Gasteiger partial charge on any atom is 0.0624 e. The van der Waals surface area contributed by atoms with Gasteiger partial charge < -0.3 is 5.11 Å². The van der Waals surface area contributed by atoms with Crippen LogP contribution in [0.2, 0.25) is 0 Å². The fraction of sp³-hybridized carbons (Fsp3) is 0.385. The summed E-state index contributed by atoms with van der Waals surface area (Å²) in [7, 11) is 0. The molecule has 0 fully saturated rings. The highest BCUT2D eigenvalue weighted by atomic mass is 16.2. The van der Waals surface area contributed by atoms with E-state index in [1.54, 1.807) is 6.08 Å². The molecule has 0 aromatic rings. The lowest BCUT2D eigenvalue weighted by molar-refractivity contribution is 0.342. The molecule has 0 aliphatic heterocycles. The summed E-state index contributed by atoms with van der Waals surface area (Å²) in [5, 5.41) is 8.59. The van der Waals surface area contributed by atoms with Crippen molar-refractivity contribution in [1.29, 1.82) is 0 Å². The van der Waals surface area contributed by atoms with Crippen LogP contribution in [0.3, 0.4) is 0 Å². The molecular weight excluding hydrogens is 172 g/mol. The van der Waals surface area contributed by atoms with Gasteiger partial charge in [0.2, 0.25) is 0 Å². The maximum atomic E-state index is 8.59. The monoisotopic (exact) mass is 190 g/mol. The Morgan fingerprint density at radius 2 is 2.07 bits per heavy atom. The molecule has 0 aliphatic carbocycles. The molecule has 14 heavy (non-hydrogen) atoms. The summed E-state index contributed by atoms with van der Waals surface area (Å²) in [6.07, 6.45) is 8.77. The molecule has 0 amide bonds. The van der Waals surface area contributed by atoms with Gasteiger partial charge in [0.15, 0.2) is 0 Å². The van der Waals surface area contributed by atoms with Crippen molar-refractivity contribution in [3.63, 3.8) is 0 Å². The Kier molecular flexibility index (Phi) is 7.59. The number of rotatable bonds is 3. The summed E-state index contributed by atoms with van der Waals surface area (Å²) in [6, 6.07) is 0. The smallest absolute Gasteiger partial charge is 0.0624 e. The van der Waals surface area contributed by atoms with Crippen molar-refractivity contribution in [3.05, 3.63) is 35.5 Å². The Labute approximate surface area is 86.8 Å². The first-order chi connectivity index (χ1) is 6.70. The van der Waals surface area contributed by atoms with Crippen LogP contribution in [0.15, 0.2) is 35.5 Å². The van der Waals surface area contributed by atoms with Crippen molar-refractivity contribution in [2.45, 2.75) is 27.2 Å². The van der Waals surface area contributed by atoms with Crippen molar-refractivity contribution >= 4 is 0 Å². The van der Waals surface area contributed by atoms with Gasteiger partial charge in [-0.1, -0.05) is 30.9 Å². The second-order valence-electron chi connectivity index (χ2n) is 3.04. The molecule has 1 N–H and O–H groups in total. The number of hydrogen-bond donors (Lipinski definition) is 1. The number of aliphatic hydroxyl groups excluding tert-OH is 1. The summed E-state index contributed by atoms with van der Waals surface area (Å²) in [4.78, 5) is 0. The van der Waals surface area contributed by atoms with Crippen LogP contribution in [-0.2, 0) is 0 Å². The highest BCUT2D eigenvalue weighted by molar-refractivity contribution is 5.34. The van der Waals surface area contributed by atoms with Crippen LogP contribution in [-0.4, -0.2) is 11.7 Å². The average molecular weight is 190 g/mol. The summed E-state index contributed by atoms with van der Waals surface area (Å²) in [6.45, 7) is 6.06. The van der Waals surface area contributed by atoms with E-state index >= 15 is 0 Å². The molecule has 0 bridgehead atoms. The number of allylic oxidation sites excluding steroid dienone is 5. The SMILES string of the molecule is CC/C=C/C(C)=C/C#C/C(C)=C/CO. The van der Waals surface area contributed by atoms with Gasteiger partial charge in [0.25, 0.3) is 0 Å². The van der Waals surface area contributed by atoms with Crippen LogP contribution < -0.4 is 0 Å². The molecule has 0 aliphatic rings. The third-order valence-corrected chi connectivity index (χ3v) is 1.58. The predicted molar refractivity (Wildman–Crippen MR) is 61.8 cm³/mol. The van der Waals surface area contributed by atoms with E-state index < -0.39 is 0 Å². The summed E-state index contributed by atoms with van der Waals surface area (Å²) in [5.74, 6) is 5.87. The van der Waals surface area contributed by atoms with Crippen LogP contribution in [0.5, 0.6) is 0 Å². The van der Waals surface area contributed by atoms with Gasteiger partial charge in [0.1, 0.15) is 0 Å². The summed E-state index contributed by atoms with van der Waals surface area (Å²) >= 11 is 0. The van der Waals surface area contributed by atoms with E-state index in [1.165, 1.54) is 0 Å². The second kappa shape index (κ2) is 8.34. The van der Waals surface area contributed by atoms with Gasteiger partial charge in [0, 0.05) is 0 Å². The summed E-state index contributed by atoms with van der Waals surface area (Å²) in [5.41, 5.74) is 2.05. The first-order valence-corrected chi connectivity index (χ1v) is 4.83. The maximum absolute atomic E-state index is 8.59. The van der Waals surface area contributed by atoms with Gasteiger partial charge in [-0.3, -0.25) is 0 Å². The lowest BCUT2D eigenvalue weighted by Gasteiger charge is -1.86. The molecule has 1 heteroatoms. The zero-order valence-electron chi connectivity index (χ0n) is 9.17. The van der Waals surface area contributed by atoms with E-state index in [9.17, 15) is 0 Å². The van der Waals surface area contributed by atoms with Crippen molar-refractivity contribution < 1.29 is 5.11 Å². The molecule has 0 saturated heterocycles. The highest BCUT2D eigenvalue weighted by Gasteiger charge is 1.79. The van der Waals surface area contributed by atoms with Crippen molar-refractivity contribution in [2.75, 3.05) is 6.61 Å².